The fraction of sp³-hybridized carbons (Fsp3) is 0.700. The zero-order chi connectivity index (χ0) is 16.5. The molecule has 0 saturated heterocycles. The third kappa shape index (κ3) is 5.50. The van der Waals surface area contributed by atoms with Gasteiger partial charge in [-0.2, -0.15) is 0 Å². The highest BCUT2D eigenvalue weighted by molar-refractivity contribution is 5.28. The summed E-state index contributed by atoms with van der Waals surface area (Å²) < 4.78 is 5.81. The molecule has 2 rings (SSSR count). The molecule has 23 heavy (non-hydrogen) atoms. The largest absolute Gasteiger partial charge is 0.494 e. The molecule has 0 aliphatic heterocycles. The standard InChI is InChI=1S/C20H33NO2/c1-2-3-4-5-6-14-23-19-11-9-17(10-12-19)15-18-8-7-13-20(18,21)16-22/h9-12,18,22H,2-8,13-16,21H2,1H3/t18-,20+/m1/s1. The van der Waals surface area contributed by atoms with Gasteiger partial charge >= 0.3 is 0 Å². The van der Waals surface area contributed by atoms with E-state index in [1.165, 1.54) is 31.2 Å². The second-order valence-electron chi connectivity index (χ2n) is 7.09. The summed E-state index contributed by atoms with van der Waals surface area (Å²) in [6, 6.07) is 8.41. The lowest BCUT2D eigenvalue weighted by atomic mass is 9.84. The van der Waals surface area contributed by atoms with Crippen molar-refractivity contribution in [2.24, 2.45) is 11.7 Å². The number of hydrogen-bond donors (Lipinski definition) is 2. The molecule has 0 radical (unpaired) electrons. The third-order valence-corrected chi connectivity index (χ3v) is 5.22. The maximum absolute atomic E-state index is 9.55. The fourth-order valence-electron chi connectivity index (χ4n) is 3.58. The van der Waals surface area contributed by atoms with Crippen LogP contribution in [0.25, 0.3) is 0 Å². The maximum Gasteiger partial charge on any atom is 0.119 e. The van der Waals surface area contributed by atoms with E-state index in [-0.39, 0.29) is 12.1 Å². The molecule has 0 bridgehead atoms. The van der Waals surface area contributed by atoms with Crippen molar-refractivity contribution in [1.82, 2.24) is 0 Å². The summed E-state index contributed by atoms with van der Waals surface area (Å²) in [7, 11) is 0. The predicted molar refractivity (Wildman–Crippen MR) is 95.7 cm³/mol. The van der Waals surface area contributed by atoms with E-state index in [2.05, 4.69) is 31.2 Å². The zero-order valence-corrected chi connectivity index (χ0v) is 14.6. The molecule has 1 aromatic rings. The van der Waals surface area contributed by atoms with Gasteiger partial charge in [-0.1, -0.05) is 51.2 Å². The van der Waals surface area contributed by atoms with Crippen LogP contribution in [0.3, 0.4) is 0 Å². The average molecular weight is 319 g/mol. The molecule has 1 aromatic carbocycles. The van der Waals surface area contributed by atoms with Crippen molar-refractivity contribution in [3.05, 3.63) is 29.8 Å². The van der Waals surface area contributed by atoms with Crippen LogP contribution in [0.4, 0.5) is 0 Å². The smallest absolute Gasteiger partial charge is 0.119 e. The molecule has 2 atom stereocenters. The van der Waals surface area contributed by atoms with Crippen LogP contribution in [-0.2, 0) is 6.42 Å². The van der Waals surface area contributed by atoms with Crippen LogP contribution in [-0.4, -0.2) is 23.9 Å². The Bertz CT molecular complexity index is 445. The first-order valence-electron chi connectivity index (χ1n) is 9.29. The van der Waals surface area contributed by atoms with Crippen LogP contribution in [0.1, 0.15) is 63.9 Å². The number of aliphatic hydroxyl groups is 1. The minimum atomic E-state index is -0.381. The van der Waals surface area contributed by atoms with Crippen LogP contribution < -0.4 is 10.5 Å². The van der Waals surface area contributed by atoms with Gasteiger partial charge in [0.05, 0.1) is 13.2 Å². The summed E-state index contributed by atoms with van der Waals surface area (Å²) >= 11 is 0. The van der Waals surface area contributed by atoms with Gasteiger partial charge in [-0.3, -0.25) is 0 Å². The molecule has 130 valence electrons. The van der Waals surface area contributed by atoms with Crippen molar-refractivity contribution in [2.75, 3.05) is 13.2 Å². The van der Waals surface area contributed by atoms with E-state index in [4.69, 9.17) is 10.5 Å². The van der Waals surface area contributed by atoms with Crippen molar-refractivity contribution in [3.8, 4) is 5.75 Å². The quantitative estimate of drug-likeness (QED) is 0.639. The average Bonchev–Trinajstić information content (AvgIpc) is 2.94. The highest BCUT2D eigenvalue weighted by Crippen LogP contribution is 2.35. The van der Waals surface area contributed by atoms with Crippen LogP contribution in [0, 0.1) is 5.92 Å². The molecule has 1 fully saturated rings. The van der Waals surface area contributed by atoms with Gasteiger partial charge in [0.15, 0.2) is 0 Å². The summed E-state index contributed by atoms with van der Waals surface area (Å²) in [5.41, 5.74) is 7.23. The van der Waals surface area contributed by atoms with E-state index in [0.717, 1.165) is 44.5 Å². The molecule has 0 heterocycles. The normalized spacial score (nSPS) is 24.0. The number of aliphatic hydroxyl groups excluding tert-OH is 1. The molecule has 3 N–H and O–H groups in total. The van der Waals surface area contributed by atoms with Crippen molar-refractivity contribution in [3.63, 3.8) is 0 Å². The molecule has 0 unspecified atom stereocenters. The molecule has 0 amide bonds. The summed E-state index contributed by atoms with van der Waals surface area (Å²) in [5, 5.41) is 9.55. The maximum atomic E-state index is 9.55. The van der Waals surface area contributed by atoms with Crippen LogP contribution >= 0.6 is 0 Å². The number of unbranched alkanes of at least 4 members (excludes halogenated alkanes) is 4. The van der Waals surface area contributed by atoms with Gasteiger partial charge in [0, 0.05) is 5.54 Å². The van der Waals surface area contributed by atoms with Crippen molar-refractivity contribution < 1.29 is 9.84 Å². The van der Waals surface area contributed by atoms with Gasteiger partial charge < -0.3 is 15.6 Å². The Hall–Kier alpha value is -1.06. The number of hydrogen-bond acceptors (Lipinski definition) is 3. The first-order valence-corrected chi connectivity index (χ1v) is 9.29. The predicted octanol–water partition coefficient (Wildman–Crippen LogP) is 4.07. The summed E-state index contributed by atoms with van der Waals surface area (Å²) in [6.07, 6.45) is 10.4. The molecule has 3 heteroatoms. The van der Waals surface area contributed by atoms with E-state index in [9.17, 15) is 5.11 Å². The lowest BCUT2D eigenvalue weighted by Gasteiger charge is -2.29. The Morgan fingerprint density at radius 2 is 1.91 bits per heavy atom. The Labute approximate surface area is 141 Å². The molecule has 1 aliphatic rings. The summed E-state index contributed by atoms with van der Waals surface area (Å²) in [6.45, 7) is 3.14. The van der Waals surface area contributed by atoms with Crippen molar-refractivity contribution >= 4 is 0 Å². The number of nitrogens with two attached hydrogens (primary N) is 1. The fourth-order valence-corrected chi connectivity index (χ4v) is 3.58. The Balaban J connectivity index is 1.74. The van der Waals surface area contributed by atoms with Crippen LogP contribution in [0.5, 0.6) is 5.75 Å². The zero-order valence-electron chi connectivity index (χ0n) is 14.6. The third-order valence-electron chi connectivity index (χ3n) is 5.22. The molecule has 3 nitrogen and oxygen atoms in total. The monoisotopic (exact) mass is 319 g/mol. The highest BCUT2D eigenvalue weighted by atomic mass is 16.5. The van der Waals surface area contributed by atoms with Gasteiger partial charge in [-0.15, -0.1) is 0 Å². The topological polar surface area (TPSA) is 55.5 Å². The van der Waals surface area contributed by atoms with Crippen LogP contribution in [0.15, 0.2) is 24.3 Å². The lowest BCUT2D eigenvalue weighted by Crippen LogP contribution is -2.47. The van der Waals surface area contributed by atoms with Crippen molar-refractivity contribution in [2.45, 2.75) is 70.3 Å². The number of ether oxygens (including phenoxy) is 1. The summed E-state index contributed by atoms with van der Waals surface area (Å²) in [4.78, 5) is 0. The first-order chi connectivity index (χ1) is 11.2. The molecule has 0 aromatic heterocycles. The summed E-state index contributed by atoms with van der Waals surface area (Å²) in [5.74, 6) is 1.34. The first kappa shape index (κ1) is 18.3. The number of benzene rings is 1. The molecule has 0 spiro atoms. The Morgan fingerprint density at radius 3 is 2.61 bits per heavy atom. The highest BCUT2D eigenvalue weighted by Gasteiger charge is 2.38. The minimum Gasteiger partial charge on any atom is -0.494 e. The van der Waals surface area contributed by atoms with Crippen molar-refractivity contribution in [1.29, 1.82) is 0 Å². The van der Waals surface area contributed by atoms with E-state index >= 15 is 0 Å². The molecular formula is C20H33NO2. The second-order valence-corrected chi connectivity index (χ2v) is 7.09. The Kier molecular flexibility index (Phi) is 7.38. The van der Waals surface area contributed by atoms with Gasteiger partial charge in [0.1, 0.15) is 5.75 Å². The van der Waals surface area contributed by atoms with Gasteiger partial charge in [-0.05, 0) is 49.3 Å². The second kappa shape index (κ2) is 9.29. The molecule has 1 saturated carbocycles. The number of rotatable bonds is 10. The molecular weight excluding hydrogens is 286 g/mol. The van der Waals surface area contributed by atoms with Crippen LogP contribution in [0.2, 0.25) is 0 Å². The van der Waals surface area contributed by atoms with E-state index in [1.807, 2.05) is 0 Å². The lowest BCUT2D eigenvalue weighted by molar-refractivity contribution is 0.160. The Morgan fingerprint density at radius 1 is 1.17 bits per heavy atom. The van der Waals surface area contributed by atoms with E-state index < -0.39 is 0 Å². The van der Waals surface area contributed by atoms with Gasteiger partial charge in [0.2, 0.25) is 0 Å². The van der Waals surface area contributed by atoms with E-state index in [1.54, 1.807) is 0 Å². The van der Waals surface area contributed by atoms with E-state index in [0.29, 0.717) is 5.92 Å². The van der Waals surface area contributed by atoms with Gasteiger partial charge in [-0.25, -0.2) is 0 Å². The molecule has 1 aliphatic carbocycles. The SMILES string of the molecule is CCCCCCCOc1ccc(C[C@H]2CCC[C@]2(N)CO)cc1. The minimum absolute atomic E-state index is 0.0941. The van der Waals surface area contributed by atoms with Gasteiger partial charge in [0.25, 0.3) is 0 Å².